The Kier molecular flexibility index (Phi) is 2.21. The van der Waals surface area contributed by atoms with Crippen LogP contribution < -0.4 is 34.7 Å². The zero-order valence-electron chi connectivity index (χ0n) is 4.28. The van der Waals surface area contributed by atoms with Crippen LogP contribution >= 0.6 is 0 Å². The molecule has 8 nitrogen and oxygen atoms in total. The predicted molar refractivity (Wildman–Crippen MR) is 26.2 cm³/mol. The SMILES string of the molecule is NN(N)N[N+](N)(N)N. The molecular weight excluding hydrogens is 112 g/mol. The predicted octanol–water partition coefficient (Wildman–Crippen LogP) is -4.11. The van der Waals surface area contributed by atoms with Gasteiger partial charge in [-0.05, 0) is 10.5 Å². The number of quaternary nitrogens is 1. The molecule has 11 N–H and O–H groups in total. The lowest BCUT2D eigenvalue weighted by Gasteiger charge is -2.21. The van der Waals surface area contributed by atoms with Crippen LogP contribution in [-0.4, -0.2) is 10.1 Å². The summed E-state index contributed by atoms with van der Waals surface area (Å²) in [5.74, 6) is 24.4. The first-order valence-electron chi connectivity index (χ1n) is 1.74. The summed E-state index contributed by atoms with van der Waals surface area (Å²) in [6.45, 7) is 0. The van der Waals surface area contributed by atoms with Crippen molar-refractivity contribution in [3.8, 4) is 0 Å². The van der Waals surface area contributed by atoms with Crippen LogP contribution in [0.25, 0.3) is 0 Å². The van der Waals surface area contributed by atoms with Crippen LogP contribution in [0.4, 0.5) is 0 Å². The molecule has 0 aromatic rings. The summed E-state index contributed by atoms with van der Waals surface area (Å²) in [7, 11) is 0. The number of nitrogens with two attached hydrogens (primary N) is 5. The summed E-state index contributed by atoms with van der Waals surface area (Å²) in [6.07, 6.45) is 0. The molecule has 8 heavy (non-hydrogen) atoms. The van der Waals surface area contributed by atoms with Crippen molar-refractivity contribution in [2.24, 2.45) is 29.2 Å². The third-order valence-electron chi connectivity index (χ3n) is 0.289. The minimum absolute atomic E-state index is 0.556. The summed E-state index contributed by atoms with van der Waals surface area (Å²) in [4.78, 5) is -0.993. The van der Waals surface area contributed by atoms with E-state index in [1.54, 1.807) is 0 Å². The van der Waals surface area contributed by atoms with E-state index in [-0.39, 0.29) is 0 Å². The van der Waals surface area contributed by atoms with E-state index < -0.39 is 4.92 Å². The fourth-order valence-corrected chi connectivity index (χ4v) is 0.200. The van der Waals surface area contributed by atoms with Crippen molar-refractivity contribution >= 4 is 0 Å². The highest BCUT2D eigenvalue weighted by molar-refractivity contribution is 3.91. The molecule has 0 aliphatic rings. The quantitative estimate of drug-likeness (QED) is 0.124. The van der Waals surface area contributed by atoms with Crippen molar-refractivity contribution in [2.45, 2.75) is 0 Å². The molecule has 8 heteroatoms. The summed E-state index contributed by atoms with van der Waals surface area (Å²) >= 11 is 0. The van der Waals surface area contributed by atoms with Crippen LogP contribution in [0.1, 0.15) is 0 Å². The zero-order valence-corrected chi connectivity index (χ0v) is 4.28. The summed E-state index contributed by atoms with van der Waals surface area (Å²) in [5, 5.41) is 0.556. The highest BCUT2D eigenvalue weighted by atomic mass is 16.2. The highest BCUT2D eigenvalue weighted by Crippen LogP contribution is 1.56. The Bertz CT molecular complexity index is 54.9. The molecule has 0 unspecified atom stereocenters. The maximum atomic E-state index is 4.92. The topological polar surface area (TPSA) is 145 Å². The second-order valence-electron chi connectivity index (χ2n) is 1.34. The Morgan fingerprint density at radius 1 is 1.12 bits per heavy atom. The second-order valence-corrected chi connectivity index (χ2v) is 1.34. The van der Waals surface area contributed by atoms with Crippen molar-refractivity contribution in [2.75, 3.05) is 0 Å². The Morgan fingerprint density at radius 3 is 1.50 bits per heavy atom. The molecular formula is H11N8+. The number of hydrogen-bond acceptors (Lipinski definition) is 7. The van der Waals surface area contributed by atoms with Gasteiger partial charge in [-0.25, -0.2) is 11.7 Å². The molecule has 0 spiro atoms. The van der Waals surface area contributed by atoms with Crippen LogP contribution in [0.2, 0.25) is 0 Å². The van der Waals surface area contributed by atoms with Gasteiger partial charge in [0.05, 0.1) is 0 Å². The van der Waals surface area contributed by atoms with E-state index in [0.717, 1.165) is 0 Å². The normalized spacial score (nSPS) is 12.8. The lowest BCUT2D eigenvalue weighted by Crippen LogP contribution is -2.79. The van der Waals surface area contributed by atoms with Crippen LogP contribution in [0.15, 0.2) is 0 Å². The summed E-state index contributed by atoms with van der Waals surface area (Å²) in [6, 6.07) is 0. The monoisotopic (exact) mass is 123 g/mol. The van der Waals surface area contributed by atoms with Gasteiger partial charge in [0, 0.05) is 0 Å². The Hall–Kier alpha value is -0.320. The lowest BCUT2D eigenvalue weighted by atomic mass is 11.9. The van der Waals surface area contributed by atoms with Gasteiger partial charge in [0.1, 0.15) is 0 Å². The van der Waals surface area contributed by atoms with Gasteiger partial charge in [0.2, 0.25) is 0 Å². The van der Waals surface area contributed by atoms with Crippen LogP contribution in [0, 0.1) is 0 Å². The molecule has 0 aliphatic heterocycles. The number of hydrazine groups is 3. The highest BCUT2D eigenvalue weighted by Gasteiger charge is 2.10. The number of hydrogen-bond donors (Lipinski definition) is 6. The fourth-order valence-electron chi connectivity index (χ4n) is 0.200. The first kappa shape index (κ1) is 7.68. The van der Waals surface area contributed by atoms with Gasteiger partial charge in [0.25, 0.3) is 0 Å². The first-order valence-corrected chi connectivity index (χ1v) is 1.74. The molecule has 0 amide bonds. The van der Waals surface area contributed by atoms with E-state index >= 15 is 0 Å². The molecule has 0 radical (unpaired) electrons. The van der Waals surface area contributed by atoms with Crippen molar-refractivity contribution in [1.82, 2.24) is 10.8 Å². The number of nitrogens with zero attached hydrogens (tertiary/aromatic N) is 2. The first-order chi connectivity index (χ1) is 3.42. The van der Waals surface area contributed by atoms with Crippen molar-refractivity contribution in [3.63, 3.8) is 0 Å². The fraction of sp³-hybridized carbons (Fsp3) is 0. The summed E-state index contributed by atoms with van der Waals surface area (Å²) in [5.41, 5.74) is 2.04. The average molecular weight is 123 g/mol. The molecule has 0 aromatic carbocycles. The molecule has 0 atom stereocenters. The van der Waals surface area contributed by atoms with Gasteiger partial charge in [0.15, 0.2) is 0 Å². The Balaban J connectivity index is 3.39. The minimum Gasteiger partial charge on any atom is -0.236 e. The van der Waals surface area contributed by atoms with Gasteiger partial charge < -0.3 is 0 Å². The van der Waals surface area contributed by atoms with E-state index in [4.69, 9.17) is 29.2 Å². The number of nitrogens with one attached hydrogen (secondary N) is 1. The van der Waals surface area contributed by atoms with Crippen LogP contribution in [-0.2, 0) is 0 Å². The summed E-state index contributed by atoms with van der Waals surface area (Å²) < 4.78 is 0. The average Bonchev–Trinajstić information content (AvgIpc) is 1.21. The van der Waals surface area contributed by atoms with E-state index in [9.17, 15) is 0 Å². The Labute approximate surface area is 46.1 Å². The molecule has 0 heterocycles. The smallest absolute Gasteiger partial charge is 0.00940 e. The standard InChI is InChI=1S/H11N8/c1-7(2)6-8(3,4)5/h6H,1-5H2/q+1. The molecule has 0 saturated heterocycles. The van der Waals surface area contributed by atoms with Crippen LogP contribution in [0.5, 0.6) is 0 Å². The van der Waals surface area contributed by atoms with E-state index in [1.165, 1.54) is 0 Å². The van der Waals surface area contributed by atoms with Crippen molar-refractivity contribution in [1.29, 1.82) is 0 Å². The van der Waals surface area contributed by atoms with Gasteiger partial charge in [-0.2, -0.15) is 0 Å². The van der Waals surface area contributed by atoms with E-state index in [2.05, 4.69) is 0 Å². The van der Waals surface area contributed by atoms with Gasteiger partial charge in [-0.1, -0.05) is 5.23 Å². The lowest BCUT2D eigenvalue weighted by molar-refractivity contribution is -1.02. The van der Waals surface area contributed by atoms with Crippen molar-refractivity contribution in [3.05, 3.63) is 0 Å². The van der Waals surface area contributed by atoms with Gasteiger partial charge in [-0.15, -0.1) is 17.5 Å². The largest absolute Gasteiger partial charge is 0.236 e. The molecule has 0 aliphatic carbocycles. The minimum atomic E-state index is -0.993. The number of rotatable bonds is 2. The van der Waals surface area contributed by atoms with Crippen LogP contribution in [0.3, 0.4) is 0 Å². The van der Waals surface area contributed by atoms with E-state index in [0.29, 0.717) is 5.23 Å². The Morgan fingerprint density at radius 2 is 1.50 bits per heavy atom. The molecule has 0 fully saturated rings. The third-order valence-corrected chi connectivity index (χ3v) is 0.289. The molecule has 0 bridgehead atoms. The van der Waals surface area contributed by atoms with E-state index in [1.807, 2.05) is 5.53 Å². The zero-order chi connectivity index (χ0) is 6.78. The van der Waals surface area contributed by atoms with Gasteiger partial charge in [-0.3, -0.25) is 0 Å². The second kappa shape index (κ2) is 2.30. The van der Waals surface area contributed by atoms with Crippen molar-refractivity contribution < 1.29 is 4.92 Å². The molecule has 0 saturated carbocycles. The maximum absolute atomic E-state index is 4.92. The molecule has 0 rings (SSSR count). The molecule has 0 aromatic heterocycles. The maximum Gasteiger partial charge on any atom is -0.00940 e. The third kappa shape index (κ3) is 5.68. The molecule has 50 valence electrons. The van der Waals surface area contributed by atoms with Gasteiger partial charge >= 0.3 is 0 Å².